The molecule has 2 amide bonds. The summed E-state index contributed by atoms with van der Waals surface area (Å²) in [7, 11) is 1.69. The summed E-state index contributed by atoms with van der Waals surface area (Å²) in [5, 5.41) is 7.29. The van der Waals surface area contributed by atoms with Gasteiger partial charge < -0.3 is 15.4 Å². The number of hydrogen-bond donors (Lipinski definition) is 2. The zero-order valence-electron chi connectivity index (χ0n) is 18.6. The van der Waals surface area contributed by atoms with Gasteiger partial charge >= 0.3 is 6.03 Å². The minimum Gasteiger partial charge on any atom is -0.497 e. The summed E-state index contributed by atoms with van der Waals surface area (Å²) in [4.78, 5) is 12.7. The van der Waals surface area contributed by atoms with Crippen LogP contribution in [0.15, 0.2) is 66.7 Å². The zero-order chi connectivity index (χ0) is 23.2. The number of aryl methyl sites for hydroxylation is 1. The SMILES string of the molecule is COc1ccc2c(c1)CCC(NC(=O)NCCc1ccc(Cl)c(Cl)c1)C2Cc1ccccc1. The highest BCUT2D eigenvalue weighted by Gasteiger charge is 2.31. The second-order valence-corrected chi connectivity index (χ2v) is 9.22. The Kier molecular flexibility index (Phi) is 7.79. The Hall–Kier alpha value is -2.69. The lowest BCUT2D eigenvalue weighted by Crippen LogP contribution is -2.47. The highest BCUT2D eigenvalue weighted by molar-refractivity contribution is 6.42. The molecule has 172 valence electrons. The molecule has 3 aromatic rings. The first kappa shape index (κ1) is 23.5. The van der Waals surface area contributed by atoms with Crippen LogP contribution in [0.2, 0.25) is 10.0 Å². The van der Waals surface area contributed by atoms with Crippen LogP contribution in [0.3, 0.4) is 0 Å². The molecule has 0 heterocycles. The van der Waals surface area contributed by atoms with Gasteiger partial charge in [0.1, 0.15) is 5.75 Å². The number of carbonyl (C=O) groups is 1. The van der Waals surface area contributed by atoms with Crippen LogP contribution < -0.4 is 15.4 Å². The highest BCUT2D eigenvalue weighted by atomic mass is 35.5. The normalized spacial score (nSPS) is 17.2. The molecule has 2 N–H and O–H groups in total. The van der Waals surface area contributed by atoms with E-state index in [-0.39, 0.29) is 18.0 Å². The van der Waals surface area contributed by atoms with Crippen molar-refractivity contribution in [3.05, 3.63) is 99.0 Å². The molecule has 0 bridgehead atoms. The molecule has 4 nitrogen and oxygen atoms in total. The smallest absolute Gasteiger partial charge is 0.315 e. The quantitative estimate of drug-likeness (QED) is 0.421. The van der Waals surface area contributed by atoms with Crippen molar-refractivity contribution in [2.75, 3.05) is 13.7 Å². The second-order valence-electron chi connectivity index (χ2n) is 8.40. The van der Waals surface area contributed by atoms with E-state index in [0.29, 0.717) is 23.0 Å². The van der Waals surface area contributed by atoms with E-state index < -0.39 is 0 Å². The Morgan fingerprint density at radius 1 is 1.00 bits per heavy atom. The summed E-state index contributed by atoms with van der Waals surface area (Å²) in [5.74, 6) is 1.07. The van der Waals surface area contributed by atoms with Gasteiger partial charge in [-0.05, 0) is 72.2 Å². The number of fused-ring (bicyclic) bond motifs is 1. The van der Waals surface area contributed by atoms with E-state index in [0.717, 1.165) is 30.6 Å². The Balaban J connectivity index is 1.43. The number of amides is 2. The average molecular weight is 483 g/mol. The third-order valence-corrected chi connectivity index (χ3v) is 7.00. The predicted molar refractivity (Wildman–Crippen MR) is 135 cm³/mol. The van der Waals surface area contributed by atoms with E-state index >= 15 is 0 Å². The second kappa shape index (κ2) is 11.0. The molecule has 0 saturated heterocycles. The maximum Gasteiger partial charge on any atom is 0.315 e. The topological polar surface area (TPSA) is 50.4 Å². The first-order valence-corrected chi connectivity index (χ1v) is 12.0. The number of ether oxygens (including phenoxy) is 1. The molecule has 0 aliphatic heterocycles. The molecule has 2 unspecified atom stereocenters. The maximum absolute atomic E-state index is 12.7. The van der Waals surface area contributed by atoms with Crippen molar-refractivity contribution in [1.29, 1.82) is 0 Å². The van der Waals surface area contributed by atoms with Crippen LogP contribution in [0, 0.1) is 0 Å². The zero-order valence-corrected chi connectivity index (χ0v) is 20.1. The van der Waals surface area contributed by atoms with Crippen molar-refractivity contribution in [2.24, 2.45) is 0 Å². The van der Waals surface area contributed by atoms with Gasteiger partial charge in [0, 0.05) is 18.5 Å². The molecule has 1 aliphatic rings. The van der Waals surface area contributed by atoms with E-state index in [1.165, 1.54) is 16.7 Å². The fourth-order valence-electron chi connectivity index (χ4n) is 4.54. The number of nitrogens with one attached hydrogen (secondary N) is 2. The molecule has 0 spiro atoms. The summed E-state index contributed by atoms with van der Waals surface area (Å²) in [5.41, 5.74) is 4.88. The summed E-state index contributed by atoms with van der Waals surface area (Å²) < 4.78 is 5.42. The van der Waals surface area contributed by atoms with E-state index in [1.807, 2.05) is 24.3 Å². The summed E-state index contributed by atoms with van der Waals surface area (Å²) in [6.45, 7) is 0.521. The largest absolute Gasteiger partial charge is 0.497 e. The number of carbonyl (C=O) groups excluding carboxylic acids is 1. The van der Waals surface area contributed by atoms with E-state index in [9.17, 15) is 4.79 Å². The Labute approximate surface area is 205 Å². The minimum atomic E-state index is -0.143. The third kappa shape index (κ3) is 6.01. The lowest BCUT2D eigenvalue weighted by molar-refractivity contribution is 0.232. The van der Waals surface area contributed by atoms with Gasteiger partial charge in [0.25, 0.3) is 0 Å². The molecule has 6 heteroatoms. The lowest BCUT2D eigenvalue weighted by atomic mass is 9.76. The highest BCUT2D eigenvalue weighted by Crippen LogP contribution is 2.36. The number of urea groups is 1. The van der Waals surface area contributed by atoms with Crippen molar-refractivity contribution < 1.29 is 9.53 Å². The molecule has 3 aromatic carbocycles. The van der Waals surface area contributed by atoms with Gasteiger partial charge in [0.2, 0.25) is 0 Å². The monoisotopic (exact) mass is 482 g/mol. The van der Waals surface area contributed by atoms with Crippen molar-refractivity contribution in [3.8, 4) is 5.75 Å². The van der Waals surface area contributed by atoms with Crippen LogP contribution in [0.4, 0.5) is 4.79 Å². The number of rotatable bonds is 7. The van der Waals surface area contributed by atoms with Crippen LogP contribution in [0.1, 0.15) is 34.6 Å². The molecule has 4 rings (SSSR count). The first-order valence-electron chi connectivity index (χ1n) is 11.2. The summed E-state index contributed by atoms with van der Waals surface area (Å²) in [6, 6.07) is 22.2. The van der Waals surface area contributed by atoms with Crippen molar-refractivity contribution >= 4 is 29.2 Å². The Morgan fingerprint density at radius 2 is 1.82 bits per heavy atom. The van der Waals surface area contributed by atoms with Gasteiger partial charge in [0.05, 0.1) is 17.2 Å². The first-order chi connectivity index (χ1) is 16.0. The molecular formula is C27H28Cl2N2O2. The number of halogens is 2. The number of hydrogen-bond acceptors (Lipinski definition) is 2. The van der Waals surface area contributed by atoms with Crippen LogP contribution in [-0.4, -0.2) is 25.7 Å². The van der Waals surface area contributed by atoms with Gasteiger partial charge in [0.15, 0.2) is 0 Å². The van der Waals surface area contributed by atoms with Gasteiger partial charge in [-0.15, -0.1) is 0 Å². The molecule has 33 heavy (non-hydrogen) atoms. The molecule has 0 radical (unpaired) electrons. The van der Waals surface area contributed by atoms with Gasteiger partial charge in [-0.25, -0.2) is 4.79 Å². The third-order valence-electron chi connectivity index (χ3n) is 6.26. The standard InChI is InChI=1S/C27H28Cl2N2O2/c1-33-21-9-10-22-20(17-21)8-12-26(23(22)15-18-5-3-2-4-6-18)31-27(32)30-14-13-19-7-11-24(28)25(29)16-19/h2-7,9-11,16-17,23,26H,8,12-15H2,1H3,(H2,30,31,32). The molecule has 0 fully saturated rings. The van der Waals surface area contributed by atoms with Crippen molar-refractivity contribution in [3.63, 3.8) is 0 Å². The van der Waals surface area contributed by atoms with Crippen molar-refractivity contribution in [1.82, 2.24) is 10.6 Å². The number of methoxy groups -OCH3 is 1. The van der Waals surface area contributed by atoms with Gasteiger partial charge in [-0.1, -0.05) is 65.7 Å². The molecule has 0 saturated carbocycles. The molecular weight excluding hydrogens is 455 g/mol. The fraction of sp³-hybridized carbons (Fsp3) is 0.296. The Bertz CT molecular complexity index is 1100. The maximum atomic E-state index is 12.7. The van der Waals surface area contributed by atoms with Crippen LogP contribution in [0.25, 0.3) is 0 Å². The summed E-state index contributed by atoms with van der Waals surface area (Å²) >= 11 is 12.1. The predicted octanol–water partition coefficient (Wildman–Crippen LogP) is 6.19. The van der Waals surface area contributed by atoms with Crippen LogP contribution in [0.5, 0.6) is 5.75 Å². The van der Waals surface area contributed by atoms with Gasteiger partial charge in [-0.3, -0.25) is 0 Å². The van der Waals surface area contributed by atoms with Crippen LogP contribution in [-0.2, 0) is 19.3 Å². The molecule has 2 atom stereocenters. The minimum absolute atomic E-state index is 0.0519. The summed E-state index contributed by atoms with van der Waals surface area (Å²) in [6.07, 6.45) is 3.35. The lowest BCUT2D eigenvalue weighted by Gasteiger charge is -2.34. The fourth-order valence-corrected chi connectivity index (χ4v) is 4.86. The number of benzene rings is 3. The Morgan fingerprint density at radius 3 is 2.58 bits per heavy atom. The van der Waals surface area contributed by atoms with Crippen LogP contribution >= 0.6 is 23.2 Å². The molecule has 1 aliphatic carbocycles. The average Bonchev–Trinajstić information content (AvgIpc) is 2.83. The van der Waals surface area contributed by atoms with Crippen molar-refractivity contribution in [2.45, 2.75) is 37.6 Å². The van der Waals surface area contributed by atoms with E-state index in [1.54, 1.807) is 13.2 Å². The molecule has 0 aromatic heterocycles. The van der Waals surface area contributed by atoms with E-state index in [2.05, 4.69) is 47.0 Å². The van der Waals surface area contributed by atoms with E-state index in [4.69, 9.17) is 27.9 Å². The van der Waals surface area contributed by atoms with Gasteiger partial charge in [-0.2, -0.15) is 0 Å².